The Labute approximate surface area is 118 Å². The van der Waals surface area contributed by atoms with Gasteiger partial charge < -0.3 is 10.2 Å². The van der Waals surface area contributed by atoms with E-state index in [2.05, 4.69) is 10.2 Å². The highest BCUT2D eigenvalue weighted by atomic mass is 16.2. The van der Waals surface area contributed by atoms with Crippen molar-refractivity contribution >= 4 is 5.91 Å². The monoisotopic (exact) mass is 266 g/mol. The molecule has 1 aliphatic carbocycles. The van der Waals surface area contributed by atoms with Gasteiger partial charge in [-0.25, -0.2) is 0 Å². The van der Waals surface area contributed by atoms with Crippen LogP contribution in [0.1, 0.15) is 64.7 Å². The number of amides is 1. The Morgan fingerprint density at radius 2 is 1.74 bits per heavy atom. The van der Waals surface area contributed by atoms with Crippen LogP contribution in [0, 0.1) is 5.92 Å². The summed E-state index contributed by atoms with van der Waals surface area (Å²) in [5.74, 6) is 1.22. The second kappa shape index (κ2) is 7.88. The third-order valence-corrected chi connectivity index (χ3v) is 4.77. The van der Waals surface area contributed by atoms with E-state index >= 15 is 0 Å². The van der Waals surface area contributed by atoms with E-state index in [0.717, 1.165) is 25.6 Å². The van der Waals surface area contributed by atoms with Crippen molar-refractivity contribution in [2.24, 2.45) is 5.92 Å². The van der Waals surface area contributed by atoms with Crippen molar-refractivity contribution in [3.05, 3.63) is 0 Å². The molecule has 1 N–H and O–H groups in total. The van der Waals surface area contributed by atoms with E-state index < -0.39 is 0 Å². The summed E-state index contributed by atoms with van der Waals surface area (Å²) in [6, 6.07) is -0.000460. The molecule has 1 aliphatic heterocycles. The van der Waals surface area contributed by atoms with E-state index in [9.17, 15) is 4.79 Å². The predicted octanol–water partition coefficient (Wildman–Crippen LogP) is 2.95. The molecular weight excluding hydrogens is 236 g/mol. The zero-order chi connectivity index (χ0) is 13.5. The van der Waals surface area contributed by atoms with Gasteiger partial charge in [-0.3, -0.25) is 4.79 Å². The van der Waals surface area contributed by atoms with Crippen molar-refractivity contribution in [1.82, 2.24) is 10.2 Å². The summed E-state index contributed by atoms with van der Waals surface area (Å²) in [5.41, 5.74) is 0. The SMILES string of the molecule is CC(NCCC1CCCC1)C(=O)N1CCCCCC1. The summed E-state index contributed by atoms with van der Waals surface area (Å²) in [4.78, 5) is 14.4. The van der Waals surface area contributed by atoms with Crippen molar-refractivity contribution in [2.75, 3.05) is 19.6 Å². The second-order valence-corrected chi connectivity index (χ2v) is 6.35. The zero-order valence-corrected chi connectivity index (χ0v) is 12.5. The van der Waals surface area contributed by atoms with Crippen molar-refractivity contribution < 1.29 is 4.79 Å². The first-order chi connectivity index (χ1) is 9.27. The zero-order valence-electron chi connectivity index (χ0n) is 12.5. The molecule has 110 valence electrons. The van der Waals surface area contributed by atoms with Crippen LogP contribution >= 0.6 is 0 Å². The number of carbonyl (C=O) groups is 1. The molecular formula is C16H30N2O. The Bertz CT molecular complexity index is 266. The van der Waals surface area contributed by atoms with E-state index in [0.29, 0.717) is 5.91 Å². The van der Waals surface area contributed by atoms with Gasteiger partial charge in [0.1, 0.15) is 0 Å². The van der Waals surface area contributed by atoms with Gasteiger partial charge in [0.05, 0.1) is 6.04 Å². The molecule has 19 heavy (non-hydrogen) atoms. The molecule has 1 heterocycles. The maximum atomic E-state index is 12.3. The quantitative estimate of drug-likeness (QED) is 0.830. The van der Waals surface area contributed by atoms with E-state index in [1.807, 2.05) is 6.92 Å². The van der Waals surface area contributed by atoms with Crippen LogP contribution < -0.4 is 5.32 Å². The van der Waals surface area contributed by atoms with Gasteiger partial charge in [-0.05, 0) is 38.6 Å². The van der Waals surface area contributed by atoms with Crippen molar-refractivity contribution in [3.63, 3.8) is 0 Å². The lowest BCUT2D eigenvalue weighted by Gasteiger charge is -2.25. The molecule has 1 saturated heterocycles. The van der Waals surface area contributed by atoms with Gasteiger partial charge in [-0.15, -0.1) is 0 Å². The molecule has 2 aliphatic rings. The molecule has 0 aromatic rings. The number of likely N-dealkylation sites (tertiary alicyclic amines) is 1. The Hall–Kier alpha value is -0.570. The topological polar surface area (TPSA) is 32.3 Å². The van der Waals surface area contributed by atoms with Gasteiger partial charge in [0.2, 0.25) is 5.91 Å². The number of rotatable bonds is 5. The van der Waals surface area contributed by atoms with Gasteiger partial charge in [0.15, 0.2) is 0 Å². The largest absolute Gasteiger partial charge is 0.341 e. The minimum absolute atomic E-state index is 0.000460. The third kappa shape index (κ3) is 4.79. The fourth-order valence-electron chi connectivity index (χ4n) is 3.46. The molecule has 0 aromatic heterocycles. The minimum atomic E-state index is -0.000460. The number of nitrogens with zero attached hydrogens (tertiary/aromatic N) is 1. The van der Waals surface area contributed by atoms with Crippen molar-refractivity contribution in [2.45, 2.75) is 70.8 Å². The van der Waals surface area contributed by atoms with Crippen LogP contribution in [0.25, 0.3) is 0 Å². The first kappa shape index (κ1) is 14.8. The molecule has 0 aromatic carbocycles. The fraction of sp³-hybridized carbons (Fsp3) is 0.938. The molecule has 1 saturated carbocycles. The molecule has 1 atom stereocenters. The normalized spacial score (nSPS) is 23.3. The Morgan fingerprint density at radius 1 is 1.11 bits per heavy atom. The lowest BCUT2D eigenvalue weighted by Crippen LogP contribution is -2.45. The first-order valence-corrected chi connectivity index (χ1v) is 8.29. The van der Waals surface area contributed by atoms with Crippen molar-refractivity contribution in [3.8, 4) is 0 Å². The standard InChI is InChI=1S/C16H30N2O/c1-14(17-11-10-15-8-4-5-9-15)16(19)18-12-6-2-3-7-13-18/h14-15,17H,2-13H2,1H3. The predicted molar refractivity (Wildman–Crippen MR) is 79.1 cm³/mol. The summed E-state index contributed by atoms with van der Waals surface area (Å²) in [6.45, 7) is 4.97. The average Bonchev–Trinajstić information content (AvgIpc) is 2.78. The average molecular weight is 266 g/mol. The molecule has 2 fully saturated rings. The molecule has 2 rings (SSSR count). The van der Waals surface area contributed by atoms with Crippen LogP contribution in [0.5, 0.6) is 0 Å². The molecule has 1 unspecified atom stereocenters. The molecule has 1 amide bonds. The van der Waals surface area contributed by atoms with Crippen LogP contribution in [0.2, 0.25) is 0 Å². The maximum Gasteiger partial charge on any atom is 0.239 e. The number of hydrogen-bond donors (Lipinski definition) is 1. The molecule has 3 nitrogen and oxygen atoms in total. The number of nitrogens with one attached hydrogen (secondary N) is 1. The number of carbonyl (C=O) groups excluding carboxylic acids is 1. The third-order valence-electron chi connectivity index (χ3n) is 4.77. The van der Waals surface area contributed by atoms with E-state index in [1.54, 1.807) is 0 Å². The van der Waals surface area contributed by atoms with Crippen LogP contribution in [0.4, 0.5) is 0 Å². The van der Waals surface area contributed by atoms with E-state index in [-0.39, 0.29) is 6.04 Å². The Kier molecular flexibility index (Phi) is 6.15. The highest BCUT2D eigenvalue weighted by molar-refractivity contribution is 5.81. The summed E-state index contributed by atoms with van der Waals surface area (Å²) in [5, 5.41) is 3.44. The van der Waals surface area contributed by atoms with E-state index in [4.69, 9.17) is 0 Å². The fourth-order valence-corrected chi connectivity index (χ4v) is 3.46. The highest BCUT2D eigenvalue weighted by Gasteiger charge is 2.21. The van der Waals surface area contributed by atoms with Crippen LogP contribution in [-0.4, -0.2) is 36.5 Å². The molecule has 0 bridgehead atoms. The van der Waals surface area contributed by atoms with Crippen LogP contribution in [-0.2, 0) is 4.79 Å². The van der Waals surface area contributed by atoms with Gasteiger partial charge >= 0.3 is 0 Å². The molecule has 0 radical (unpaired) electrons. The first-order valence-electron chi connectivity index (χ1n) is 8.29. The molecule has 3 heteroatoms. The summed E-state index contributed by atoms with van der Waals surface area (Å²) >= 11 is 0. The van der Waals surface area contributed by atoms with Crippen LogP contribution in [0.3, 0.4) is 0 Å². The minimum Gasteiger partial charge on any atom is -0.341 e. The molecule has 0 spiro atoms. The maximum absolute atomic E-state index is 12.3. The summed E-state index contributed by atoms with van der Waals surface area (Å²) in [7, 11) is 0. The second-order valence-electron chi connectivity index (χ2n) is 6.35. The highest BCUT2D eigenvalue weighted by Crippen LogP contribution is 2.26. The van der Waals surface area contributed by atoms with Gasteiger partial charge in [-0.2, -0.15) is 0 Å². The van der Waals surface area contributed by atoms with E-state index in [1.165, 1.54) is 57.8 Å². The van der Waals surface area contributed by atoms with Gasteiger partial charge in [0, 0.05) is 13.1 Å². The summed E-state index contributed by atoms with van der Waals surface area (Å²) in [6.07, 6.45) is 11.8. The Balaban J connectivity index is 1.65. The lowest BCUT2D eigenvalue weighted by atomic mass is 10.0. The van der Waals surface area contributed by atoms with Crippen molar-refractivity contribution in [1.29, 1.82) is 0 Å². The smallest absolute Gasteiger partial charge is 0.239 e. The van der Waals surface area contributed by atoms with Gasteiger partial charge in [-0.1, -0.05) is 38.5 Å². The summed E-state index contributed by atoms with van der Waals surface area (Å²) < 4.78 is 0. The number of hydrogen-bond acceptors (Lipinski definition) is 2. The van der Waals surface area contributed by atoms with Gasteiger partial charge in [0.25, 0.3) is 0 Å². The van der Waals surface area contributed by atoms with Crippen LogP contribution in [0.15, 0.2) is 0 Å². The lowest BCUT2D eigenvalue weighted by molar-refractivity contribution is -0.133. The Morgan fingerprint density at radius 3 is 2.37 bits per heavy atom.